The molecule has 3 aromatic carbocycles. The van der Waals surface area contributed by atoms with Crippen LogP contribution in [0.2, 0.25) is 0 Å². The van der Waals surface area contributed by atoms with Gasteiger partial charge in [-0.3, -0.25) is 14.5 Å². The van der Waals surface area contributed by atoms with E-state index in [1.807, 2.05) is 4.90 Å². The second-order valence-corrected chi connectivity index (χ2v) is 11.2. The van der Waals surface area contributed by atoms with E-state index in [9.17, 15) is 9.59 Å². The number of carbonyl (C=O) groups excluding carboxylic acids is 1. The fourth-order valence-electron chi connectivity index (χ4n) is 6.64. The van der Waals surface area contributed by atoms with Gasteiger partial charge in [-0.25, -0.2) is 0 Å². The van der Waals surface area contributed by atoms with Crippen LogP contribution in [0.3, 0.4) is 0 Å². The highest BCUT2D eigenvalue weighted by molar-refractivity contribution is 5.96. The number of aliphatic carboxylic acids is 1. The van der Waals surface area contributed by atoms with E-state index in [2.05, 4.69) is 70.7 Å². The lowest BCUT2D eigenvalue weighted by Crippen LogP contribution is -2.49. The molecule has 7 nitrogen and oxygen atoms in total. The van der Waals surface area contributed by atoms with Gasteiger partial charge in [-0.1, -0.05) is 65.8 Å². The Bertz CT molecular complexity index is 1580. The molecule has 3 heterocycles. The van der Waals surface area contributed by atoms with Crippen LogP contribution in [0.15, 0.2) is 65.2 Å². The summed E-state index contributed by atoms with van der Waals surface area (Å²) >= 11 is 0. The number of aryl methyl sites for hydroxylation is 1. The van der Waals surface area contributed by atoms with E-state index in [1.165, 1.54) is 27.5 Å². The van der Waals surface area contributed by atoms with Crippen molar-refractivity contribution in [3.63, 3.8) is 0 Å². The molecule has 3 aliphatic rings. The number of aromatic nitrogens is 1. The second kappa shape index (κ2) is 9.65. The molecule has 7 rings (SSSR count). The average molecular weight is 522 g/mol. The predicted octanol–water partition coefficient (Wildman–Crippen LogP) is 5.13. The van der Waals surface area contributed by atoms with E-state index in [0.717, 1.165) is 49.9 Å². The molecule has 1 aromatic heterocycles. The first-order valence-electron chi connectivity index (χ1n) is 13.9. The van der Waals surface area contributed by atoms with Crippen LogP contribution in [-0.4, -0.2) is 58.1 Å². The largest absolute Gasteiger partial charge is 0.481 e. The van der Waals surface area contributed by atoms with Gasteiger partial charge in [-0.05, 0) is 53.1 Å². The molecule has 1 amide bonds. The van der Waals surface area contributed by atoms with Crippen molar-refractivity contribution in [3.8, 4) is 11.3 Å². The molecule has 2 fully saturated rings. The Hall–Kier alpha value is -3.97. The maximum Gasteiger partial charge on any atom is 0.309 e. The number of amides is 1. The van der Waals surface area contributed by atoms with Crippen LogP contribution >= 0.6 is 0 Å². The highest BCUT2D eigenvalue weighted by Gasteiger charge is 2.34. The Kier molecular flexibility index (Phi) is 5.96. The summed E-state index contributed by atoms with van der Waals surface area (Å²) in [5.41, 5.74) is 6.06. The highest BCUT2D eigenvalue weighted by atomic mass is 16.5. The topological polar surface area (TPSA) is 86.9 Å². The van der Waals surface area contributed by atoms with Gasteiger partial charge in [-0.15, -0.1) is 0 Å². The van der Waals surface area contributed by atoms with Crippen molar-refractivity contribution in [2.24, 2.45) is 5.92 Å². The van der Waals surface area contributed by atoms with Crippen LogP contribution in [0.25, 0.3) is 22.1 Å². The van der Waals surface area contributed by atoms with Crippen LogP contribution in [0.4, 0.5) is 0 Å². The minimum atomic E-state index is -0.714. The molecule has 1 atom stereocenters. The monoisotopic (exact) mass is 521 g/mol. The first kappa shape index (κ1) is 24.1. The lowest BCUT2D eigenvalue weighted by atomic mass is 9.86. The zero-order chi connectivity index (χ0) is 26.5. The number of carboxylic acids is 1. The van der Waals surface area contributed by atoms with Crippen molar-refractivity contribution < 1.29 is 19.2 Å². The van der Waals surface area contributed by atoms with Gasteiger partial charge in [0.05, 0.1) is 5.92 Å². The van der Waals surface area contributed by atoms with Gasteiger partial charge in [0.2, 0.25) is 0 Å². The van der Waals surface area contributed by atoms with Gasteiger partial charge >= 0.3 is 5.97 Å². The number of fused-ring (bicyclic) bond motifs is 4. The summed E-state index contributed by atoms with van der Waals surface area (Å²) < 4.78 is 5.82. The van der Waals surface area contributed by atoms with Gasteiger partial charge in [0.1, 0.15) is 0 Å². The van der Waals surface area contributed by atoms with Crippen LogP contribution in [0.5, 0.6) is 0 Å². The lowest BCUT2D eigenvalue weighted by Gasteiger charge is -2.36. The Morgan fingerprint density at radius 1 is 1.00 bits per heavy atom. The molecule has 39 heavy (non-hydrogen) atoms. The molecule has 1 unspecified atom stereocenters. The van der Waals surface area contributed by atoms with Crippen LogP contribution in [-0.2, 0) is 24.2 Å². The summed E-state index contributed by atoms with van der Waals surface area (Å²) in [6.45, 7) is 3.37. The maximum atomic E-state index is 13.7. The van der Waals surface area contributed by atoms with Crippen molar-refractivity contribution in [1.82, 2.24) is 15.0 Å². The number of benzene rings is 3. The number of carbonyl (C=O) groups is 2. The van der Waals surface area contributed by atoms with Crippen LogP contribution in [0.1, 0.15) is 51.5 Å². The Morgan fingerprint density at radius 2 is 1.85 bits per heavy atom. The molecule has 0 bridgehead atoms. The standard InChI is InChI=1S/C32H31N3O4/c36-31(35-14-4-7-23(19-35)26-9-3-6-21-5-1-2-8-25(21)26)29-28-13-11-22-15-20(10-12-27(22)30(28)39-33-29)16-34-17-24(18-34)32(37)38/h1-3,5-6,8-10,12,15,23-24H,4,7,11,13-14,16-19H2,(H,37,38). The highest BCUT2D eigenvalue weighted by Crippen LogP contribution is 2.38. The Balaban J connectivity index is 1.09. The molecule has 1 N–H and O–H groups in total. The van der Waals surface area contributed by atoms with Gasteiger partial charge in [0, 0.05) is 49.8 Å². The third kappa shape index (κ3) is 4.31. The van der Waals surface area contributed by atoms with E-state index < -0.39 is 5.97 Å². The van der Waals surface area contributed by atoms with E-state index in [4.69, 9.17) is 9.63 Å². The van der Waals surface area contributed by atoms with Crippen LogP contribution < -0.4 is 0 Å². The summed E-state index contributed by atoms with van der Waals surface area (Å²) in [7, 11) is 0. The third-order valence-electron chi connectivity index (χ3n) is 8.73. The zero-order valence-corrected chi connectivity index (χ0v) is 21.8. The fourth-order valence-corrected chi connectivity index (χ4v) is 6.64. The average Bonchev–Trinajstić information content (AvgIpc) is 3.38. The number of hydrogen-bond donors (Lipinski definition) is 1. The SMILES string of the molecule is O=C(O)C1CN(Cc2ccc3c(c2)CCc2c(C(=O)N4CCCC(c5cccc6ccccc56)C4)noc2-3)C1. The summed E-state index contributed by atoms with van der Waals surface area (Å²) in [6, 6.07) is 21.3. The number of carboxylic acid groups (broad SMARTS) is 1. The molecule has 2 saturated heterocycles. The summed E-state index contributed by atoms with van der Waals surface area (Å²) in [5.74, 6) is 0.0124. The molecule has 198 valence electrons. The van der Waals surface area contributed by atoms with Crippen molar-refractivity contribution in [2.45, 2.75) is 38.1 Å². The minimum absolute atomic E-state index is 0.0317. The molecule has 2 aliphatic heterocycles. The molecule has 4 aromatic rings. The van der Waals surface area contributed by atoms with Crippen molar-refractivity contribution >= 4 is 22.6 Å². The van der Waals surface area contributed by atoms with Gasteiger partial charge in [-0.2, -0.15) is 0 Å². The van der Waals surface area contributed by atoms with E-state index >= 15 is 0 Å². The van der Waals surface area contributed by atoms with E-state index in [-0.39, 0.29) is 11.8 Å². The van der Waals surface area contributed by atoms with Gasteiger partial charge in [0.25, 0.3) is 5.91 Å². The number of hydrogen-bond acceptors (Lipinski definition) is 5. The Morgan fingerprint density at radius 3 is 2.72 bits per heavy atom. The molecule has 1 aliphatic carbocycles. The van der Waals surface area contributed by atoms with Crippen molar-refractivity contribution in [3.05, 3.63) is 88.6 Å². The van der Waals surface area contributed by atoms with Crippen LogP contribution in [0, 0.1) is 5.92 Å². The zero-order valence-electron chi connectivity index (χ0n) is 21.8. The second-order valence-electron chi connectivity index (χ2n) is 11.2. The minimum Gasteiger partial charge on any atom is -0.481 e. The van der Waals surface area contributed by atoms with Crippen molar-refractivity contribution in [1.29, 1.82) is 0 Å². The van der Waals surface area contributed by atoms with E-state index in [0.29, 0.717) is 37.0 Å². The molecular weight excluding hydrogens is 490 g/mol. The first-order valence-corrected chi connectivity index (χ1v) is 13.9. The Labute approximate surface area is 227 Å². The molecule has 7 heteroatoms. The quantitative estimate of drug-likeness (QED) is 0.392. The lowest BCUT2D eigenvalue weighted by molar-refractivity contribution is -0.147. The smallest absolute Gasteiger partial charge is 0.309 e. The third-order valence-corrected chi connectivity index (χ3v) is 8.73. The first-order chi connectivity index (χ1) is 19.0. The number of rotatable bonds is 5. The van der Waals surface area contributed by atoms with Gasteiger partial charge < -0.3 is 14.5 Å². The maximum absolute atomic E-state index is 13.7. The predicted molar refractivity (Wildman–Crippen MR) is 148 cm³/mol. The normalized spacial score (nSPS) is 19.4. The molecule has 0 saturated carbocycles. The summed E-state index contributed by atoms with van der Waals surface area (Å²) in [4.78, 5) is 28.9. The molecular formula is C32H31N3O4. The summed E-state index contributed by atoms with van der Waals surface area (Å²) in [6.07, 6.45) is 3.59. The fraction of sp³-hybridized carbons (Fsp3) is 0.344. The summed E-state index contributed by atoms with van der Waals surface area (Å²) in [5, 5.41) is 15.9. The number of likely N-dealkylation sites (tertiary alicyclic amines) is 2. The molecule has 0 spiro atoms. The van der Waals surface area contributed by atoms with Crippen molar-refractivity contribution in [2.75, 3.05) is 26.2 Å². The molecule has 0 radical (unpaired) electrons. The number of piperidine rings is 1. The van der Waals surface area contributed by atoms with E-state index in [1.54, 1.807) is 0 Å². The van der Waals surface area contributed by atoms with Gasteiger partial charge in [0.15, 0.2) is 11.5 Å². The number of nitrogens with zero attached hydrogens (tertiary/aromatic N) is 3.